The molecular weight excluding hydrogens is 192 g/mol. The minimum atomic E-state index is 1.09. The van der Waals surface area contributed by atoms with Crippen molar-refractivity contribution in [1.82, 2.24) is 10.2 Å². The molecule has 0 radical (unpaired) electrons. The molecule has 1 aromatic rings. The summed E-state index contributed by atoms with van der Waals surface area (Å²) in [7, 11) is 4.19. The largest absolute Gasteiger partial charge is 0.320 e. The van der Waals surface area contributed by atoms with Crippen LogP contribution < -0.4 is 5.32 Å². The van der Waals surface area contributed by atoms with Crippen LogP contribution in [0, 0.1) is 6.92 Å². The van der Waals surface area contributed by atoms with Crippen molar-refractivity contribution in [1.29, 1.82) is 0 Å². The molecule has 80 valence electrons. The summed E-state index contributed by atoms with van der Waals surface area (Å²) in [6.45, 7) is 5.52. The molecule has 1 N–H and O–H groups in total. The third-order valence-corrected chi connectivity index (χ3v) is 3.17. The Hall–Kier alpha value is -0.380. The molecule has 3 heteroatoms. The molecule has 0 saturated heterocycles. The molecule has 0 aliphatic carbocycles. The van der Waals surface area contributed by atoms with Crippen LogP contribution in [0.4, 0.5) is 0 Å². The van der Waals surface area contributed by atoms with Gasteiger partial charge in [0.15, 0.2) is 0 Å². The summed E-state index contributed by atoms with van der Waals surface area (Å²) in [5.41, 5.74) is 0. The Balaban J connectivity index is 2.23. The maximum Gasteiger partial charge on any atom is 0.0324 e. The zero-order valence-corrected chi connectivity index (χ0v) is 10.2. The Labute approximate surface area is 90.9 Å². The van der Waals surface area contributed by atoms with E-state index >= 15 is 0 Å². The summed E-state index contributed by atoms with van der Waals surface area (Å²) in [5.74, 6) is 0. The van der Waals surface area contributed by atoms with Crippen LogP contribution in [-0.2, 0) is 6.54 Å². The number of thiophene rings is 1. The minimum absolute atomic E-state index is 1.09. The first-order chi connectivity index (χ1) is 6.72. The quantitative estimate of drug-likeness (QED) is 0.727. The molecule has 0 spiro atoms. The van der Waals surface area contributed by atoms with Crippen LogP contribution in [0.3, 0.4) is 0 Å². The fourth-order valence-electron chi connectivity index (χ4n) is 1.44. The SMILES string of the molecule is CNCCCN(C)Cc1ccc(C)s1. The zero-order chi connectivity index (χ0) is 10.4. The van der Waals surface area contributed by atoms with Gasteiger partial charge in [0.25, 0.3) is 0 Å². The maximum absolute atomic E-state index is 3.17. The van der Waals surface area contributed by atoms with Gasteiger partial charge in [-0.1, -0.05) is 0 Å². The molecule has 1 rings (SSSR count). The predicted molar refractivity (Wildman–Crippen MR) is 63.9 cm³/mol. The van der Waals surface area contributed by atoms with E-state index in [1.807, 2.05) is 18.4 Å². The Bertz CT molecular complexity index is 258. The van der Waals surface area contributed by atoms with Gasteiger partial charge in [-0.25, -0.2) is 0 Å². The maximum atomic E-state index is 3.17. The molecule has 0 amide bonds. The fraction of sp³-hybridized carbons (Fsp3) is 0.636. The van der Waals surface area contributed by atoms with Crippen LogP contribution in [-0.4, -0.2) is 32.1 Å². The first kappa shape index (κ1) is 11.7. The Morgan fingerprint density at radius 1 is 1.43 bits per heavy atom. The van der Waals surface area contributed by atoms with Gasteiger partial charge in [-0.15, -0.1) is 11.3 Å². The summed E-state index contributed by atoms with van der Waals surface area (Å²) in [6, 6.07) is 4.43. The summed E-state index contributed by atoms with van der Waals surface area (Å²) in [6.07, 6.45) is 1.22. The molecule has 0 aliphatic heterocycles. The second-order valence-corrected chi connectivity index (χ2v) is 5.08. The third-order valence-electron chi connectivity index (χ3n) is 2.19. The first-order valence-electron chi connectivity index (χ1n) is 5.11. The summed E-state index contributed by atoms with van der Waals surface area (Å²) >= 11 is 1.90. The van der Waals surface area contributed by atoms with Gasteiger partial charge in [0.1, 0.15) is 0 Å². The van der Waals surface area contributed by atoms with Gasteiger partial charge < -0.3 is 10.2 Å². The fourth-order valence-corrected chi connectivity index (χ4v) is 2.41. The number of nitrogens with one attached hydrogen (secondary N) is 1. The monoisotopic (exact) mass is 212 g/mol. The van der Waals surface area contributed by atoms with Crippen molar-refractivity contribution < 1.29 is 0 Å². The van der Waals surface area contributed by atoms with Crippen LogP contribution in [0.5, 0.6) is 0 Å². The number of nitrogens with zero attached hydrogens (tertiary/aromatic N) is 1. The van der Waals surface area contributed by atoms with Crippen molar-refractivity contribution in [2.24, 2.45) is 0 Å². The highest BCUT2D eigenvalue weighted by Gasteiger charge is 2.01. The zero-order valence-electron chi connectivity index (χ0n) is 9.34. The lowest BCUT2D eigenvalue weighted by Crippen LogP contribution is -2.21. The molecule has 1 aromatic heterocycles. The standard InChI is InChI=1S/C11H20N2S/c1-10-5-6-11(14-10)9-13(3)8-4-7-12-2/h5-6,12H,4,7-9H2,1-3H3. The lowest BCUT2D eigenvalue weighted by atomic mass is 10.3. The van der Waals surface area contributed by atoms with E-state index in [0.29, 0.717) is 0 Å². The normalized spacial score (nSPS) is 11.1. The van der Waals surface area contributed by atoms with Gasteiger partial charge in [-0.05, 0) is 52.7 Å². The smallest absolute Gasteiger partial charge is 0.0324 e. The summed E-state index contributed by atoms with van der Waals surface area (Å²) in [4.78, 5) is 5.25. The molecule has 1 heterocycles. The Kier molecular flexibility index (Phi) is 5.15. The number of aryl methyl sites for hydroxylation is 1. The molecule has 0 saturated carbocycles. The second-order valence-electron chi connectivity index (χ2n) is 3.71. The first-order valence-corrected chi connectivity index (χ1v) is 5.92. The molecule has 0 bridgehead atoms. The van der Waals surface area contributed by atoms with E-state index in [1.165, 1.54) is 16.2 Å². The third kappa shape index (κ3) is 4.22. The van der Waals surface area contributed by atoms with Gasteiger partial charge in [-0.3, -0.25) is 0 Å². The average molecular weight is 212 g/mol. The van der Waals surface area contributed by atoms with Gasteiger partial charge in [0, 0.05) is 16.3 Å². The highest BCUT2D eigenvalue weighted by Crippen LogP contribution is 2.16. The van der Waals surface area contributed by atoms with Crippen molar-refractivity contribution in [3.05, 3.63) is 21.9 Å². The number of rotatable bonds is 6. The van der Waals surface area contributed by atoms with Crippen LogP contribution in [0.15, 0.2) is 12.1 Å². The van der Waals surface area contributed by atoms with Gasteiger partial charge in [0.05, 0.1) is 0 Å². The Morgan fingerprint density at radius 2 is 2.21 bits per heavy atom. The molecular formula is C11H20N2S. The average Bonchev–Trinajstić information content (AvgIpc) is 2.52. The molecule has 0 unspecified atom stereocenters. The molecule has 14 heavy (non-hydrogen) atoms. The predicted octanol–water partition coefficient (Wildman–Crippen LogP) is 2.10. The lowest BCUT2D eigenvalue weighted by molar-refractivity contribution is 0.324. The van der Waals surface area contributed by atoms with Crippen molar-refractivity contribution in [2.75, 3.05) is 27.2 Å². The minimum Gasteiger partial charge on any atom is -0.320 e. The van der Waals surface area contributed by atoms with E-state index in [0.717, 1.165) is 19.6 Å². The van der Waals surface area contributed by atoms with Crippen LogP contribution in [0.25, 0.3) is 0 Å². The van der Waals surface area contributed by atoms with E-state index in [-0.39, 0.29) is 0 Å². The second kappa shape index (κ2) is 6.17. The van der Waals surface area contributed by atoms with Gasteiger partial charge >= 0.3 is 0 Å². The van der Waals surface area contributed by atoms with Crippen LogP contribution in [0.2, 0.25) is 0 Å². The number of hydrogen-bond acceptors (Lipinski definition) is 3. The van der Waals surface area contributed by atoms with Crippen molar-refractivity contribution in [3.8, 4) is 0 Å². The van der Waals surface area contributed by atoms with E-state index < -0.39 is 0 Å². The molecule has 0 atom stereocenters. The Morgan fingerprint density at radius 3 is 2.79 bits per heavy atom. The van der Waals surface area contributed by atoms with E-state index in [1.54, 1.807) is 0 Å². The molecule has 0 aromatic carbocycles. The lowest BCUT2D eigenvalue weighted by Gasteiger charge is -2.14. The van der Waals surface area contributed by atoms with Crippen molar-refractivity contribution in [2.45, 2.75) is 19.9 Å². The highest BCUT2D eigenvalue weighted by atomic mass is 32.1. The van der Waals surface area contributed by atoms with Crippen LogP contribution >= 0.6 is 11.3 Å². The topological polar surface area (TPSA) is 15.3 Å². The van der Waals surface area contributed by atoms with Crippen molar-refractivity contribution >= 4 is 11.3 Å². The molecule has 0 aliphatic rings. The van der Waals surface area contributed by atoms with E-state index in [2.05, 4.69) is 36.3 Å². The summed E-state index contributed by atoms with van der Waals surface area (Å²) in [5, 5.41) is 3.17. The molecule has 0 fully saturated rings. The summed E-state index contributed by atoms with van der Waals surface area (Å²) < 4.78 is 0. The molecule has 2 nitrogen and oxygen atoms in total. The van der Waals surface area contributed by atoms with Crippen molar-refractivity contribution in [3.63, 3.8) is 0 Å². The van der Waals surface area contributed by atoms with Gasteiger partial charge in [0.2, 0.25) is 0 Å². The van der Waals surface area contributed by atoms with Gasteiger partial charge in [-0.2, -0.15) is 0 Å². The van der Waals surface area contributed by atoms with Crippen LogP contribution in [0.1, 0.15) is 16.2 Å². The van der Waals surface area contributed by atoms with E-state index in [4.69, 9.17) is 0 Å². The number of hydrogen-bond donors (Lipinski definition) is 1. The highest BCUT2D eigenvalue weighted by molar-refractivity contribution is 7.11. The van der Waals surface area contributed by atoms with E-state index in [9.17, 15) is 0 Å².